The van der Waals surface area contributed by atoms with Crippen LogP contribution in [-0.4, -0.2) is 31.8 Å². The summed E-state index contributed by atoms with van der Waals surface area (Å²) in [6, 6.07) is 14.8. The zero-order chi connectivity index (χ0) is 18.2. The number of nitrogens with one attached hydrogen (secondary N) is 1. The molecule has 5 heteroatoms. The third-order valence-corrected chi connectivity index (χ3v) is 3.71. The zero-order valence-electron chi connectivity index (χ0n) is 15.1. The molecule has 0 saturated heterocycles. The number of rotatable bonds is 8. The Morgan fingerprint density at radius 2 is 1.68 bits per heavy atom. The Labute approximate surface area is 148 Å². The van der Waals surface area contributed by atoms with Crippen molar-refractivity contribution in [3.63, 3.8) is 0 Å². The van der Waals surface area contributed by atoms with Crippen LogP contribution in [0, 0.1) is 6.92 Å². The van der Waals surface area contributed by atoms with Gasteiger partial charge in [-0.05, 0) is 56.7 Å². The summed E-state index contributed by atoms with van der Waals surface area (Å²) in [5.74, 6) is 2.00. The predicted octanol–water partition coefficient (Wildman–Crippen LogP) is 3.35. The first-order valence-electron chi connectivity index (χ1n) is 8.29. The number of aryl methyl sites for hydroxylation is 1. The molecule has 0 radical (unpaired) electrons. The molecule has 134 valence electrons. The third-order valence-electron chi connectivity index (χ3n) is 3.71. The summed E-state index contributed by atoms with van der Waals surface area (Å²) < 4.78 is 16.5. The molecule has 0 aromatic heterocycles. The van der Waals surface area contributed by atoms with Gasteiger partial charge in [0.05, 0.1) is 13.2 Å². The molecule has 2 aromatic carbocycles. The molecule has 2 unspecified atom stereocenters. The van der Waals surface area contributed by atoms with E-state index < -0.39 is 6.10 Å². The van der Waals surface area contributed by atoms with Crippen LogP contribution in [0.3, 0.4) is 0 Å². The Balaban J connectivity index is 1.80. The van der Waals surface area contributed by atoms with Crippen LogP contribution >= 0.6 is 0 Å². The molecule has 0 aliphatic heterocycles. The minimum absolute atomic E-state index is 0.131. The molecule has 2 rings (SSSR count). The van der Waals surface area contributed by atoms with E-state index in [4.69, 9.17) is 14.2 Å². The van der Waals surface area contributed by atoms with Crippen molar-refractivity contribution in [2.75, 3.05) is 13.7 Å². The van der Waals surface area contributed by atoms with E-state index in [1.807, 2.05) is 38.1 Å². The number of hydrogen-bond acceptors (Lipinski definition) is 4. The molecule has 0 aliphatic carbocycles. The van der Waals surface area contributed by atoms with Gasteiger partial charge in [-0.3, -0.25) is 4.79 Å². The summed E-state index contributed by atoms with van der Waals surface area (Å²) in [6.07, 6.45) is -0.602. The molecule has 0 bridgehead atoms. The van der Waals surface area contributed by atoms with Gasteiger partial charge in [0.25, 0.3) is 5.91 Å². The maximum absolute atomic E-state index is 12.2. The lowest BCUT2D eigenvalue weighted by atomic mass is 10.2. The summed E-state index contributed by atoms with van der Waals surface area (Å²) in [5.41, 5.74) is 1.07. The molecule has 2 aromatic rings. The van der Waals surface area contributed by atoms with Crippen LogP contribution in [0.2, 0.25) is 0 Å². The average molecular weight is 343 g/mol. The van der Waals surface area contributed by atoms with Crippen molar-refractivity contribution >= 4 is 5.91 Å². The van der Waals surface area contributed by atoms with Gasteiger partial charge in [-0.1, -0.05) is 18.2 Å². The first-order valence-corrected chi connectivity index (χ1v) is 8.29. The van der Waals surface area contributed by atoms with Gasteiger partial charge in [-0.25, -0.2) is 0 Å². The van der Waals surface area contributed by atoms with E-state index in [2.05, 4.69) is 5.32 Å². The zero-order valence-corrected chi connectivity index (χ0v) is 15.1. The van der Waals surface area contributed by atoms with E-state index in [0.29, 0.717) is 12.4 Å². The van der Waals surface area contributed by atoms with Crippen molar-refractivity contribution in [2.45, 2.75) is 32.9 Å². The number of amides is 1. The topological polar surface area (TPSA) is 56.8 Å². The quantitative estimate of drug-likeness (QED) is 0.798. The normalized spacial score (nSPS) is 12.8. The number of methoxy groups -OCH3 is 1. The van der Waals surface area contributed by atoms with Crippen molar-refractivity contribution in [1.29, 1.82) is 0 Å². The molecule has 0 fully saturated rings. The summed E-state index contributed by atoms with van der Waals surface area (Å²) in [6.45, 7) is 6.00. The Kier molecular flexibility index (Phi) is 6.69. The maximum Gasteiger partial charge on any atom is 0.261 e. The highest BCUT2D eigenvalue weighted by Gasteiger charge is 2.17. The van der Waals surface area contributed by atoms with E-state index in [0.717, 1.165) is 17.1 Å². The molecule has 0 saturated carbocycles. The third kappa shape index (κ3) is 5.71. The molecule has 0 heterocycles. The second-order valence-corrected chi connectivity index (χ2v) is 5.92. The number of para-hydroxylation sites is 1. The summed E-state index contributed by atoms with van der Waals surface area (Å²) >= 11 is 0. The second kappa shape index (κ2) is 8.97. The molecule has 1 N–H and O–H groups in total. The smallest absolute Gasteiger partial charge is 0.261 e. The van der Waals surface area contributed by atoms with Crippen LogP contribution in [0.25, 0.3) is 0 Å². The Morgan fingerprint density at radius 1 is 1.04 bits per heavy atom. The van der Waals surface area contributed by atoms with E-state index in [9.17, 15) is 4.79 Å². The lowest BCUT2D eigenvalue weighted by Crippen LogP contribution is -2.43. The highest BCUT2D eigenvalue weighted by atomic mass is 16.5. The van der Waals surface area contributed by atoms with E-state index in [-0.39, 0.29) is 11.9 Å². The molecule has 5 nitrogen and oxygen atoms in total. The minimum Gasteiger partial charge on any atom is -0.497 e. The lowest BCUT2D eigenvalue weighted by Gasteiger charge is -2.19. The maximum atomic E-state index is 12.2. The van der Waals surface area contributed by atoms with Crippen LogP contribution in [0.5, 0.6) is 17.2 Å². The predicted molar refractivity (Wildman–Crippen MR) is 97.4 cm³/mol. The fourth-order valence-corrected chi connectivity index (χ4v) is 2.25. The van der Waals surface area contributed by atoms with Gasteiger partial charge in [-0.2, -0.15) is 0 Å². The lowest BCUT2D eigenvalue weighted by molar-refractivity contribution is -0.128. The standard InChI is InChI=1S/C20H25NO4/c1-14-7-5-6-8-19(14)24-13-15(2)21-20(22)16(3)25-18-11-9-17(23-4)10-12-18/h5-12,15-16H,13H2,1-4H3,(H,21,22). The van der Waals surface area contributed by atoms with Gasteiger partial charge in [-0.15, -0.1) is 0 Å². The molecule has 0 aliphatic rings. The highest BCUT2D eigenvalue weighted by Crippen LogP contribution is 2.18. The minimum atomic E-state index is -0.602. The Morgan fingerprint density at radius 3 is 2.32 bits per heavy atom. The van der Waals surface area contributed by atoms with Crippen molar-refractivity contribution in [2.24, 2.45) is 0 Å². The number of benzene rings is 2. The van der Waals surface area contributed by atoms with E-state index in [1.165, 1.54) is 0 Å². The van der Waals surface area contributed by atoms with Gasteiger partial charge in [0.1, 0.15) is 23.9 Å². The summed E-state index contributed by atoms with van der Waals surface area (Å²) in [7, 11) is 1.60. The molecule has 0 spiro atoms. The van der Waals surface area contributed by atoms with Gasteiger partial charge in [0, 0.05) is 0 Å². The van der Waals surface area contributed by atoms with Crippen molar-refractivity contribution in [1.82, 2.24) is 5.32 Å². The van der Waals surface area contributed by atoms with Crippen LogP contribution in [-0.2, 0) is 4.79 Å². The molecule has 25 heavy (non-hydrogen) atoms. The Hall–Kier alpha value is -2.69. The SMILES string of the molecule is COc1ccc(OC(C)C(=O)NC(C)COc2ccccc2C)cc1. The van der Waals surface area contributed by atoms with Gasteiger partial charge < -0.3 is 19.5 Å². The van der Waals surface area contributed by atoms with Crippen LogP contribution < -0.4 is 19.5 Å². The molecule has 2 atom stereocenters. The second-order valence-electron chi connectivity index (χ2n) is 5.92. The van der Waals surface area contributed by atoms with Gasteiger partial charge in [0.15, 0.2) is 6.10 Å². The van der Waals surface area contributed by atoms with Crippen molar-refractivity contribution < 1.29 is 19.0 Å². The summed E-state index contributed by atoms with van der Waals surface area (Å²) in [4.78, 5) is 12.2. The van der Waals surface area contributed by atoms with Crippen LogP contribution in [0.15, 0.2) is 48.5 Å². The fourth-order valence-electron chi connectivity index (χ4n) is 2.25. The van der Waals surface area contributed by atoms with Crippen molar-refractivity contribution in [3.8, 4) is 17.2 Å². The molecular formula is C20H25NO4. The van der Waals surface area contributed by atoms with E-state index in [1.54, 1.807) is 38.3 Å². The molecule has 1 amide bonds. The fraction of sp³-hybridized carbons (Fsp3) is 0.350. The van der Waals surface area contributed by atoms with Crippen molar-refractivity contribution in [3.05, 3.63) is 54.1 Å². The van der Waals surface area contributed by atoms with Gasteiger partial charge >= 0.3 is 0 Å². The van der Waals surface area contributed by atoms with Crippen LogP contribution in [0.1, 0.15) is 19.4 Å². The summed E-state index contributed by atoms with van der Waals surface area (Å²) in [5, 5.41) is 2.90. The number of ether oxygens (including phenoxy) is 3. The van der Waals surface area contributed by atoms with Crippen LogP contribution in [0.4, 0.5) is 0 Å². The number of carbonyl (C=O) groups excluding carboxylic acids is 1. The number of carbonyl (C=O) groups is 1. The first kappa shape index (κ1) is 18.6. The first-order chi connectivity index (χ1) is 12.0. The van der Waals surface area contributed by atoms with E-state index >= 15 is 0 Å². The molecular weight excluding hydrogens is 318 g/mol. The largest absolute Gasteiger partial charge is 0.497 e. The Bertz CT molecular complexity index is 684. The van der Waals surface area contributed by atoms with Gasteiger partial charge in [0.2, 0.25) is 0 Å². The monoisotopic (exact) mass is 343 g/mol. The average Bonchev–Trinajstić information content (AvgIpc) is 2.61. The number of hydrogen-bond donors (Lipinski definition) is 1. The highest BCUT2D eigenvalue weighted by molar-refractivity contribution is 5.81.